The number of hydrogen-bond donors (Lipinski definition) is 1. The van der Waals surface area contributed by atoms with E-state index in [0.29, 0.717) is 11.5 Å². The fourth-order valence-electron chi connectivity index (χ4n) is 2.06. The molecule has 0 aliphatic rings. The van der Waals surface area contributed by atoms with Crippen molar-refractivity contribution in [3.63, 3.8) is 0 Å². The summed E-state index contributed by atoms with van der Waals surface area (Å²) in [4.78, 5) is 14.4. The minimum absolute atomic E-state index is 0.300. The summed E-state index contributed by atoms with van der Waals surface area (Å²) in [5, 5.41) is 3.04. The summed E-state index contributed by atoms with van der Waals surface area (Å²) in [6.45, 7) is 1.80. The molecule has 0 aliphatic carbocycles. The van der Waals surface area contributed by atoms with E-state index in [1.54, 1.807) is 31.3 Å². The average Bonchev–Trinajstić information content (AvgIpc) is 2.39. The number of pyridine rings is 2. The van der Waals surface area contributed by atoms with Crippen LogP contribution in [0.5, 0.6) is 0 Å². The Morgan fingerprint density at radius 1 is 1.09 bits per heavy atom. The molecule has 7 heteroatoms. The summed E-state index contributed by atoms with van der Waals surface area (Å²) in [5.41, 5.74) is 0.513. The molecule has 0 atom stereocenters. The second-order valence-corrected chi connectivity index (χ2v) is 20.5. The second-order valence-electron chi connectivity index (χ2n) is 6.10. The first-order valence-corrected chi connectivity index (χ1v) is 16.9. The van der Waals surface area contributed by atoms with Crippen molar-refractivity contribution in [3.8, 4) is 0 Å². The number of alkyl halides is 3. The van der Waals surface area contributed by atoms with Gasteiger partial charge in [-0.1, -0.05) is 0 Å². The van der Waals surface area contributed by atoms with Crippen LogP contribution >= 0.6 is 0 Å². The first-order valence-electron chi connectivity index (χ1n) is 6.86. The topological polar surface area (TPSA) is 37.8 Å². The Kier molecular flexibility index (Phi) is 4.70. The molecule has 0 amide bonds. The van der Waals surface area contributed by atoms with E-state index in [1.165, 1.54) is 0 Å². The molecule has 0 bridgehead atoms. The van der Waals surface area contributed by atoms with Gasteiger partial charge >= 0.3 is 132 Å². The molecule has 0 radical (unpaired) electrons. The van der Waals surface area contributed by atoms with Crippen LogP contribution in [0.25, 0.3) is 0 Å². The van der Waals surface area contributed by atoms with Crippen LogP contribution in [0, 0.1) is 6.92 Å². The fourth-order valence-corrected chi connectivity index (χ4v) is 6.09. The molecular weight excluding hydrogens is 398 g/mol. The summed E-state index contributed by atoms with van der Waals surface area (Å²) < 4.78 is 39.7. The van der Waals surface area contributed by atoms with Crippen molar-refractivity contribution >= 4 is 33.5 Å². The molecule has 0 aromatic carbocycles. The monoisotopic (exact) mass is 417 g/mol. The molecule has 0 saturated carbocycles. The number of aromatic nitrogens is 2. The number of halogens is 3. The van der Waals surface area contributed by atoms with Crippen molar-refractivity contribution in [2.75, 3.05) is 5.32 Å². The minimum atomic E-state index is -4.45. The van der Waals surface area contributed by atoms with Crippen LogP contribution in [0.3, 0.4) is 0 Å². The van der Waals surface area contributed by atoms with Gasteiger partial charge in [-0.15, -0.1) is 0 Å². The predicted octanol–water partition coefficient (Wildman–Crippen LogP) is 4.09. The number of anilines is 2. The normalized spacial score (nSPS) is 12.3. The zero-order chi connectivity index (χ0) is 16.5. The standard InChI is InChI=1S/C12H9F3N3.3CH3.Sn/c1-8-9(4-3-7-16-8)17-11-6-2-5-10(18-11)12(13,14)15;;;;/h2-5,7H,1H3,(H,17,18);3*1H3;. The van der Waals surface area contributed by atoms with Crippen LogP contribution in [0.15, 0.2) is 30.5 Å². The summed E-state index contributed by atoms with van der Waals surface area (Å²) >= 11 is -2.62. The van der Waals surface area contributed by atoms with Crippen molar-refractivity contribution in [2.45, 2.75) is 27.9 Å². The van der Waals surface area contributed by atoms with Gasteiger partial charge in [0.05, 0.1) is 0 Å². The van der Waals surface area contributed by atoms with E-state index in [4.69, 9.17) is 0 Å². The average molecular weight is 416 g/mol. The van der Waals surface area contributed by atoms with E-state index in [-0.39, 0.29) is 0 Å². The van der Waals surface area contributed by atoms with E-state index in [2.05, 4.69) is 30.1 Å². The van der Waals surface area contributed by atoms with Crippen LogP contribution in [-0.4, -0.2) is 28.3 Å². The molecule has 0 saturated heterocycles. The maximum absolute atomic E-state index is 12.9. The summed E-state index contributed by atoms with van der Waals surface area (Å²) in [5.74, 6) is 0.300. The molecule has 2 rings (SSSR count). The molecule has 2 aromatic heterocycles. The predicted molar refractivity (Wildman–Crippen MR) is 84.5 cm³/mol. The maximum atomic E-state index is 12.9. The molecule has 22 heavy (non-hydrogen) atoms. The third kappa shape index (κ3) is 3.91. The van der Waals surface area contributed by atoms with Gasteiger partial charge in [0.1, 0.15) is 0 Å². The summed E-state index contributed by atoms with van der Waals surface area (Å²) in [7, 11) is 0. The third-order valence-electron chi connectivity index (χ3n) is 3.25. The molecule has 1 N–H and O–H groups in total. The molecule has 3 nitrogen and oxygen atoms in total. The van der Waals surface area contributed by atoms with Crippen molar-refractivity contribution in [2.24, 2.45) is 0 Å². The van der Waals surface area contributed by atoms with Crippen molar-refractivity contribution in [1.82, 2.24) is 9.97 Å². The van der Waals surface area contributed by atoms with E-state index in [9.17, 15) is 13.2 Å². The Hall–Kier alpha value is -1.31. The molecular formula is C15H18F3N3Sn. The third-order valence-corrected chi connectivity index (χ3v) is 9.02. The number of aryl methyl sites for hydroxylation is 1. The summed E-state index contributed by atoms with van der Waals surface area (Å²) in [6, 6.07) is 6.16. The van der Waals surface area contributed by atoms with Crippen LogP contribution in [-0.2, 0) is 6.18 Å². The Bertz CT molecular complexity index is 678. The number of rotatable bonds is 3. The Morgan fingerprint density at radius 3 is 2.32 bits per heavy atom. The van der Waals surface area contributed by atoms with Crippen molar-refractivity contribution < 1.29 is 13.2 Å². The van der Waals surface area contributed by atoms with E-state index in [1.807, 2.05) is 0 Å². The van der Waals surface area contributed by atoms with E-state index in [0.717, 1.165) is 15.3 Å². The van der Waals surface area contributed by atoms with Crippen LogP contribution in [0.1, 0.15) is 11.4 Å². The summed E-state index contributed by atoms with van der Waals surface area (Å²) in [6.07, 6.45) is -2.81. The molecule has 0 aliphatic heterocycles. The van der Waals surface area contributed by atoms with Crippen molar-refractivity contribution in [3.05, 3.63) is 41.9 Å². The van der Waals surface area contributed by atoms with Gasteiger partial charge in [-0.25, -0.2) is 0 Å². The van der Waals surface area contributed by atoms with Crippen LogP contribution in [0.2, 0.25) is 14.8 Å². The Labute approximate surface area is 131 Å². The quantitative estimate of drug-likeness (QED) is 0.767. The van der Waals surface area contributed by atoms with Crippen LogP contribution in [0.4, 0.5) is 24.7 Å². The zero-order valence-corrected chi connectivity index (χ0v) is 15.8. The van der Waals surface area contributed by atoms with Gasteiger partial charge < -0.3 is 0 Å². The number of hydrogen-bond acceptors (Lipinski definition) is 3. The number of nitrogens with zero attached hydrogens (tertiary/aromatic N) is 2. The van der Waals surface area contributed by atoms with E-state index < -0.39 is 30.2 Å². The van der Waals surface area contributed by atoms with Gasteiger partial charge in [-0.05, 0) is 0 Å². The fraction of sp³-hybridized carbons (Fsp3) is 0.333. The Morgan fingerprint density at radius 2 is 1.77 bits per heavy atom. The number of nitrogens with one attached hydrogen (secondary N) is 1. The van der Waals surface area contributed by atoms with Crippen LogP contribution < -0.4 is 8.90 Å². The van der Waals surface area contributed by atoms with Gasteiger partial charge in [0, 0.05) is 0 Å². The first kappa shape index (κ1) is 17.0. The van der Waals surface area contributed by atoms with Gasteiger partial charge in [0.15, 0.2) is 0 Å². The van der Waals surface area contributed by atoms with Gasteiger partial charge in [-0.2, -0.15) is 0 Å². The molecule has 0 unspecified atom stereocenters. The molecule has 2 heterocycles. The molecule has 0 spiro atoms. The van der Waals surface area contributed by atoms with Gasteiger partial charge in [0.25, 0.3) is 0 Å². The second kappa shape index (κ2) is 6.06. The first-order chi connectivity index (χ1) is 10.1. The molecule has 118 valence electrons. The SMILES string of the molecule is Cc1ncccc1Nc1nc(C(F)(F)F)cc[c]1[Sn]([CH3])([CH3])[CH3]. The Balaban J connectivity index is 2.53. The van der Waals surface area contributed by atoms with E-state index >= 15 is 0 Å². The zero-order valence-electron chi connectivity index (χ0n) is 12.9. The van der Waals surface area contributed by atoms with Gasteiger partial charge in [-0.3, -0.25) is 0 Å². The molecule has 2 aromatic rings. The van der Waals surface area contributed by atoms with Crippen molar-refractivity contribution in [1.29, 1.82) is 0 Å². The molecule has 0 fully saturated rings. The van der Waals surface area contributed by atoms with Gasteiger partial charge in [0.2, 0.25) is 0 Å².